The summed E-state index contributed by atoms with van der Waals surface area (Å²) in [5.74, 6) is 0. The van der Waals surface area contributed by atoms with Gasteiger partial charge in [0.2, 0.25) is 0 Å². The summed E-state index contributed by atoms with van der Waals surface area (Å²) in [7, 11) is 5.87. The lowest BCUT2D eigenvalue weighted by molar-refractivity contribution is 0.795. The zero-order valence-electron chi connectivity index (χ0n) is 12.6. The van der Waals surface area contributed by atoms with Crippen LogP contribution in [0.5, 0.6) is 0 Å². The highest BCUT2D eigenvalue weighted by molar-refractivity contribution is 6.33. The summed E-state index contributed by atoms with van der Waals surface area (Å²) in [4.78, 5) is 18.7. The fourth-order valence-electron chi connectivity index (χ4n) is 2.60. The molecule has 0 bridgehead atoms. The van der Waals surface area contributed by atoms with E-state index in [0.29, 0.717) is 11.2 Å². The van der Waals surface area contributed by atoms with Crippen LogP contribution in [0.25, 0.3) is 22.2 Å². The molecule has 4 heteroatoms. The van der Waals surface area contributed by atoms with E-state index < -0.39 is 0 Å². The number of hydrogen-bond acceptors (Lipinski definition) is 2. The van der Waals surface area contributed by atoms with E-state index in [2.05, 4.69) is 29.0 Å². The van der Waals surface area contributed by atoms with Gasteiger partial charge in [-0.05, 0) is 24.5 Å². The first-order valence-electron chi connectivity index (χ1n) is 7.56. The Balaban J connectivity index is 2.09. The van der Waals surface area contributed by atoms with Crippen molar-refractivity contribution < 1.29 is 0 Å². The topological polar surface area (TPSA) is 45.8 Å². The van der Waals surface area contributed by atoms with Crippen LogP contribution in [0.2, 0.25) is 0 Å². The minimum atomic E-state index is -0.345. The molecule has 0 aliphatic rings. The van der Waals surface area contributed by atoms with Crippen LogP contribution in [0, 0.1) is 0 Å². The van der Waals surface area contributed by atoms with E-state index in [1.165, 1.54) is 18.4 Å². The second-order valence-corrected chi connectivity index (χ2v) is 5.50. The molecule has 1 aromatic heterocycles. The fourth-order valence-corrected chi connectivity index (χ4v) is 2.60. The van der Waals surface area contributed by atoms with Gasteiger partial charge in [0.15, 0.2) is 0 Å². The Bertz CT molecular complexity index is 853. The van der Waals surface area contributed by atoms with Crippen molar-refractivity contribution in [2.45, 2.75) is 26.2 Å². The Morgan fingerprint density at radius 3 is 2.64 bits per heavy atom. The molecule has 1 N–H and O–H groups in total. The molecule has 0 amide bonds. The van der Waals surface area contributed by atoms with Crippen molar-refractivity contribution >= 4 is 24.2 Å². The number of rotatable bonds is 4. The Kier molecular flexibility index (Phi) is 4.10. The lowest BCUT2D eigenvalue weighted by Crippen LogP contribution is -2.13. The van der Waals surface area contributed by atoms with Gasteiger partial charge in [0, 0.05) is 10.9 Å². The Morgan fingerprint density at radius 2 is 1.91 bits per heavy atom. The number of aryl methyl sites for hydroxylation is 1. The molecule has 1 heterocycles. The first-order valence-corrected chi connectivity index (χ1v) is 7.56. The van der Waals surface area contributed by atoms with Crippen LogP contribution in [0.4, 0.5) is 0 Å². The largest absolute Gasteiger partial charge is 0.345 e. The normalized spacial score (nSPS) is 11.0. The highest BCUT2D eigenvalue weighted by Gasteiger charge is 2.08. The molecule has 0 saturated carbocycles. The van der Waals surface area contributed by atoms with Gasteiger partial charge in [-0.2, -0.15) is 4.98 Å². The lowest BCUT2D eigenvalue weighted by atomic mass is 9.93. The SMILES string of the molecule is [B]c1ccc2[nH]c(=O)nc(-c3ccc(CCCC)cc3)c2c1. The molecule has 2 radical (unpaired) electrons. The Labute approximate surface area is 130 Å². The number of benzene rings is 2. The predicted octanol–water partition coefficient (Wildman–Crippen LogP) is 2.73. The van der Waals surface area contributed by atoms with Gasteiger partial charge in [-0.25, -0.2) is 4.79 Å². The van der Waals surface area contributed by atoms with Crippen LogP contribution in [-0.2, 0) is 6.42 Å². The number of nitrogens with one attached hydrogen (secondary N) is 1. The Hall–Kier alpha value is -2.36. The lowest BCUT2D eigenvalue weighted by Gasteiger charge is -2.07. The number of aromatic amines is 1. The van der Waals surface area contributed by atoms with Gasteiger partial charge < -0.3 is 4.98 Å². The van der Waals surface area contributed by atoms with Gasteiger partial charge in [-0.1, -0.05) is 55.2 Å². The van der Waals surface area contributed by atoms with E-state index >= 15 is 0 Å². The Morgan fingerprint density at radius 1 is 1.14 bits per heavy atom. The minimum Gasteiger partial charge on any atom is -0.305 e. The number of unbranched alkanes of at least 4 members (excludes halogenated alkanes) is 1. The zero-order valence-corrected chi connectivity index (χ0v) is 12.6. The molecule has 3 aromatic rings. The molecule has 3 nitrogen and oxygen atoms in total. The summed E-state index contributed by atoms with van der Waals surface area (Å²) in [6, 6.07) is 13.7. The van der Waals surface area contributed by atoms with E-state index in [-0.39, 0.29) is 5.69 Å². The maximum atomic E-state index is 11.8. The van der Waals surface area contributed by atoms with E-state index in [1.807, 2.05) is 24.3 Å². The average molecular weight is 288 g/mol. The van der Waals surface area contributed by atoms with Crippen LogP contribution < -0.4 is 11.2 Å². The van der Waals surface area contributed by atoms with E-state index in [1.54, 1.807) is 6.07 Å². The quantitative estimate of drug-likeness (QED) is 0.750. The highest BCUT2D eigenvalue weighted by Crippen LogP contribution is 2.24. The van der Waals surface area contributed by atoms with Crippen LogP contribution >= 0.6 is 0 Å². The van der Waals surface area contributed by atoms with Crippen molar-refractivity contribution in [2.24, 2.45) is 0 Å². The summed E-state index contributed by atoms with van der Waals surface area (Å²) < 4.78 is 0. The van der Waals surface area contributed by atoms with Crippen molar-refractivity contribution in [3.05, 3.63) is 58.5 Å². The van der Waals surface area contributed by atoms with Crippen molar-refractivity contribution in [3.8, 4) is 11.3 Å². The number of fused-ring (bicyclic) bond motifs is 1. The van der Waals surface area contributed by atoms with Gasteiger partial charge >= 0.3 is 5.69 Å². The van der Waals surface area contributed by atoms with Gasteiger partial charge in [0.25, 0.3) is 0 Å². The molecule has 0 atom stereocenters. The third-order valence-electron chi connectivity index (χ3n) is 3.80. The third-order valence-corrected chi connectivity index (χ3v) is 3.80. The second kappa shape index (κ2) is 6.18. The van der Waals surface area contributed by atoms with E-state index in [9.17, 15) is 4.79 Å². The molecular weight excluding hydrogens is 271 g/mol. The summed E-state index contributed by atoms with van der Waals surface area (Å²) >= 11 is 0. The number of aromatic nitrogens is 2. The third kappa shape index (κ3) is 2.96. The smallest absolute Gasteiger partial charge is 0.305 e. The summed E-state index contributed by atoms with van der Waals surface area (Å²) in [5, 5.41) is 0.862. The molecule has 22 heavy (non-hydrogen) atoms. The molecule has 108 valence electrons. The van der Waals surface area contributed by atoms with Crippen molar-refractivity contribution in [3.63, 3.8) is 0 Å². The monoisotopic (exact) mass is 288 g/mol. The summed E-state index contributed by atoms with van der Waals surface area (Å²) in [6.07, 6.45) is 3.44. The van der Waals surface area contributed by atoms with E-state index in [0.717, 1.165) is 22.9 Å². The predicted molar refractivity (Wildman–Crippen MR) is 91.8 cm³/mol. The van der Waals surface area contributed by atoms with Crippen LogP contribution in [0.15, 0.2) is 47.3 Å². The number of H-pyrrole nitrogens is 1. The molecular formula is C18H17BN2O. The minimum absolute atomic E-state index is 0.345. The average Bonchev–Trinajstić information content (AvgIpc) is 2.53. The zero-order chi connectivity index (χ0) is 15.5. The standard InChI is InChI=1S/C18H17BN2O/c1-2-3-4-12-5-7-13(8-6-12)17-15-11-14(19)9-10-16(15)20-18(22)21-17/h5-11H,2-4H2,1H3,(H,20,21,22). The van der Waals surface area contributed by atoms with Crippen molar-refractivity contribution in [2.75, 3.05) is 0 Å². The molecule has 0 aliphatic carbocycles. The highest BCUT2D eigenvalue weighted by atomic mass is 16.1. The van der Waals surface area contributed by atoms with Gasteiger partial charge in [0.1, 0.15) is 7.85 Å². The van der Waals surface area contributed by atoms with Crippen molar-refractivity contribution in [1.29, 1.82) is 0 Å². The maximum absolute atomic E-state index is 11.8. The van der Waals surface area contributed by atoms with Crippen LogP contribution in [0.1, 0.15) is 25.3 Å². The molecule has 0 fully saturated rings. The molecule has 2 aromatic carbocycles. The first-order chi connectivity index (χ1) is 10.7. The van der Waals surface area contributed by atoms with Gasteiger partial charge in [0.05, 0.1) is 11.2 Å². The molecule has 0 saturated heterocycles. The maximum Gasteiger partial charge on any atom is 0.345 e. The second-order valence-electron chi connectivity index (χ2n) is 5.50. The van der Waals surface area contributed by atoms with Crippen LogP contribution in [0.3, 0.4) is 0 Å². The van der Waals surface area contributed by atoms with Gasteiger partial charge in [-0.3, -0.25) is 0 Å². The molecule has 0 aliphatic heterocycles. The fraction of sp³-hybridized carbons (Fsp3) is 0.222. The summed E-state index contributed by atoms with van der Waals surface area (Å²) in [6.45, 7) is 2.19. The van der Waals surface area contributed by atoms with Crippen molar-refractivity contribution in [1.82, 2.24) is 9.97 Å². The molecule has 0 spiro atoms. The number of hydrogen-bond donors (Lipinski definition) is 1. The first kappa shape index (κ1) is 14.6. The molecule has 3 rings (SSSR count). The number of nitrogens with zero attached hydrogens (tertiary/aromatic N) is 1. The van der Waals surface area contributed by atoms with Gasteiger partial charge in [-0.15, -0.1) is 0 Å². The van der Waals surface area contributed by atoms with Crippen LogP contribution in [-0.4, -0.2) is 17.8 Å². The molecule has 0 unspecified atom stereocenters. The van der Waals surface area contributed by atoms with E-state index in [4.69, 9.17) is 7.85 Å². The summed E-state index contributed by atoms with van der Waals surface area (Å²) in [5.41, 5.74) is 3.97.